The van der Waals surface area contributed by atoms with Crippen LogP contribution in [0, 0.1) is 0 Å². The normalized spacial score (nSPS) is 12.7. The summed E-state index contributed by atoms with van der Waals surface area (Å²) in [5.41, 5.74) is 2.95. The van der Waals surface area contributed by atoms with Crippen LogP contribution in [0.15, 0.2) is 48.6 Å². The molecule has 0 fully saturated rings. The fraction of sp³-hybridized carbons (Fsp3) is 0.429. The second kappa shape index (κ2) is 8.55. The van der Waals surface area contributed by atoms with Crippen LogP contribution in [0.3, 0.4) is 0 Å². The maximum atomic E-state index is 3.76. The molecule has 0 aromatic heterocycles. The largest absolute Gasteiger partial charge is 0.103 e. The van der Waals surface area contributed by atoms with Crippen LogP contribution < -0.4 is 0 Å². The second-order valence-corrected chi connectivity index (χ2v) is 3.38. The Morgan fingerprint density at radius 2 is 1.21 bits per heavy atom. The van der Waals surface area contributed by atoms with Crippen molar-refractivity contribution in [2.75, 3.05) is 0 Å². The maximum absolute atomic E-state index is 3.76. The first kappa shape index (κ1) is 13.0. The van der Waals surface area contributed by atoms with Gasteiger partial charge in [0.2, 0.25) is 0 Å². The van der Waals surface area contributed by atoms with Gasteiger partial charge in [-0.3, -0.25) is 0 Å². The molecule has 0 spiro atoms. The van der Waals surface area contributed by atoms with E-state index >= 15 is 0 Å². The van der Waals surface area contributed by atoms with E-state index in [1.807, 2.05) is 12.2 Å². The summed E-state index contributed by atoms with van der Waals surface area (Å²) in [4.78, 5) is 0. The molecule has 0 aliphatic rings. The molecule has 0 saturated carbocycles. The van der Waals surface area contributed by atoms with Gasteiger partial charge in [-0.25, -0.2) is 0 Å². The van der Waals surface area contributed by atoms with E-state index in [0.717, 1.165) is 25.7 Å². The predicted octanol–water partition coefficient (Wildman–Crippen LogP) is 4.81. The van der Waals surface area contributed by atoms with Crippen LogP contribution in [-0.2, 0) is 0 Å². The summed E-state index contributed by atoms with van der Waals surface area (Å²) in [5, 5.41) is 0. The third-order valence-electron chi connectivity index (χ3n) is 2.40. The number of rotatable bonds is 7. The van der Waals surface area contributed by atoms with Crippen LogP contribution in [0.4, 0.5) is 0 Å². The van der Waals surface area contributed by atoms with Crippen LogP contribution in [-0.4, -0.2) is 0 Å². The average molecular weight is 190 g/mol. The van der Waals surface area contributed by atoms with Crippen molar-refractivity contribution in [1.29, 1.82) is 0 Å². The molecule has 0 aliphatic carbocycles. The minimum Gasteiger partial charge on any atom is -0.103 e. The Hall–Kier alpha value is -1.04. The van der Waals surface area contributed by atoms with Gasteiger partial charge in [0.15, 0.2) is 0 Å². The van der Waals surface area contributed by atoms with Gasteiger partial charge in [0.25, 0.3) is 0 Å². The maximum Gasteiger partial charge on any atom is -0.0142 e. The third-order valence-corrected chi connectivity index (χ3v) is 2.40. The molecule has 0 nitrogen and oxygen atoms in total. The number of hydrogen-bond acceptors (Lipinski definition) is 0. The molecule has 14 heavy (non-hydrogen) atoms. The highest BCUT2D eigenvalue weighted by Crippen LogP contribution is 2.17. The zero-order valence-electron chi connectivity index (χ0n) is 9.55. The molecule has 0 heterocycles. The standard InChI is InChI=1S/C14H22/c1-5-9-13(7-3)11-12-14(8-4)10-6-2/h5-8H,1-2,9-12H2,3-4H3/b13-7+,14-8+. The molecule has 0 rings (SSSR count). The second-order valence-electron chi connectivity index (χ2n) is 3.38. The summed E-state index contributed by atoms with van der Waals surface area (Å²) >= 11 is 0. The summed E-state index contributed by atoms with van der Waals surface area (Å²) in [6.07, 6.45) is 12.7. The molecule has 0 aliphatic heterocycles. The Morgan fingerprint density at radius 1 is 0.857 bits per heavy atom. The van der Waals surface area contributed by atoms with Gasteiger partial charge in [-0.2, -0.15) is 0 Å². The number of allylic oxidation sites excluding steroid dienone is 6. The lowest BCUT2D eigenvalue weighted by molar-refractivity contribution is 0.871. The lowest BCUT2D eigenvalue weighted by Gasteiger charge is -2.06. The Labute approximate surface area is 88.7 Å². The van der Waals surface area contributed by atoms with Crippen LogP contribution in [0.2, 0.25) is 0 Å². The molecular formula is C14H22. The minimum absolute atomic E-state index is 1.02. The first-order valence-corrected chi connectivity index (χ1v) is 5.28. The zero-order chi connectivity index (χ0) is 10.8. The Morgan fingerprint density at radius 3 is 1.43 bits per heavy atom. The van der Waals surface area contributed by atoms with Gasteiger partial charge in [-0.15, -0.1) is 13.2 Å². The fourth-order valence-corrected chi connectivity index (χ4v) is 1.42. The van der Waals surface area contributed by atoms with Crippen molar-refractivity contribution in [2.24, 2.45) is 0 Å². The highest BCUT2D eigenvalue weighted by atomic mass is 14.0. The van der Waals surface area contributed by atoms with E-state index in [2.05, 4.69) is 39.2 Å². The first-order valence-electron chi connectivity index (χ1n) is 5.28. The fourth-order valence-electron chi connectivity index (χ4n) is 1.42. The SMILES string of the molecule is C=CC/C(=C\C)CC/C(=C/C)CC=C. The Bertz CT molecular complexity index is 202. The van der Waals surface area contributed by atoms with E-state index in [1.165, 1.54) is 11.1 Å². The minimum atomic E-state index is 1.02. The average Bonchev–Trinajstić information content (AvgIpc) is 2.22. The molecule has 0 aromatic rings. The van der Waals surface area contributed by atoms with Crippen molar-refractivity contribution in [2.45, 2.75) is 39.5 Å². The Kier molecular flexibility index (Phi) is 7.92. The zero-order valence-corrected chi connectivity index (χ0v) is 9.55. The molecule has 0 amide bonds. The molecule has 0 saturated heterocycles. The van der Waals surface area contributed by atoms with Gasteiger partial charge in [0.05, 0.1) is 0 Å². The quantitative estimate of drug-likeness (QED) is 0.505. The van der Waals surface area contributed by atoms with Gasteiger partial charge in [-0.1, -0.05) is 35.5 Å². The molecule has 0 atom stereocenters. The van der Waals surface area contributed by atoms with Crippen LogP contribution in [0.1, 0.15) is 39.5 Å². The van der Waals surface area contributed by atoms with E-state index in [4.69, 9.17) is 0 Å². The lowest BCUT2D eigenvalue weighted by Crippen LogP contribution is -1.86. The van der Waals surface area contributed by atoms with Crippen molar-refractivity contribution in [3.63, 3.8) is 0 Å². The van der Waals surface area contributed by atoms with Gasteiger partial charge < -0.3 is 0 Å². The highest BCUT2D eigenvalue weighted by Gasteiger charge is 1.97. The highest BCUT2D eigenvalue weighted by molar-refractivity contribution is 5.11. The van der Waals surface area contributed by atoms with Crippen LogP contribution in [0.25, 0.3) is 0 Å². The Balaban J connectivity index is 4.00. The molecule has 0 aromatic carbocycles. The predicted molar refractivity (Wildman–Crippen MR) is 66.4 cm³/mol. The number of hydrogen-bond donors (Lipinski definition) is 0. The van der Waals surface area contributed by atoms with E-state index in [0.29, 0.717) is 0 Å². The monoisotopic (exact) mass is 190 g/mol. The first-order chi connectivity index (χ1) is 6.78. The smallest absolute Gasteiger partial charge is 0.0142 e. The van der Waals surface area contributed by atoms with E-state index in [-0.39, 0.29) is 0 Å². The van der Waals surface area contributed by atoms with Crippen LogP contribution >= 0.6 is 0 Å². The van der Waals surface area contributed by atoms with Gasteiger partial charge in [0, 0.05) is 0 Å². The van der Waals surface area contributed by atoms with E-state index < -0.39 is 0 Å². The van der Waals surface area contributed by atoms with Crippen molar-refractivity contribution in [3.05, 3.63) is 48.6 Å². The van der Waals surface area contributed by atoms with Crippen molar-refractivity contribution >= 4 is 0 Å². The van der Waals surface area contributed by atoms with Crippen molar-refractivity contribution < 1.29 is 0 Å². The molecule has 0 N–H and O–H groups in total. The third kappa shape index (κ3) is 5.58. The molecule has 0 radical (unpaired) electrons. The van der Waals surface area contributed by atoms with Crippen molar-refractivity contribution in [3.8, 4) is 0 Å². The molecule has 0 unspecified atom stereocenters. The van der Waals surface area contributed by atoms with Gasteiger partial charge in [-0.05, 0) is 39.5 Å². The summed E-state index contributed by atoms with van der Waals surface area (Å²) in [7, 11) is 0. The summed E-state index contributed by atoms with van der Waals surface area (Å²) in [6.45, 7) is 11.7. The summed E-state index contributed by atoms with van der Waals surface area (Å²) in [5.74, 6) is 0. The van der Waals surface area contributed by atoms with E-state index in [1.54, 1.807) is 0 Å². The van der Waals surface area contributed by atoms with Gasteiger partial charge in [0.1, 0.15) is 0 Å². The summed E-state index contributed by atoms with van der Waals surface area (Å²) in [6, 6.07) is 0. The van der Waals surface area contributed by atoms with E-state index in [9.17, 15) is 0 Å². The summed E-state index contributed by atoms with van der Waals surface area (Å²) < 4.78 is 0. The van der Waals surface area contributed by atoms with Crippen LogP contribution in [0.5, 0.6) is 0 Å². The lowest BCUT2D eigenvalue weighted by atomic mass is 10.0. The molecular weight excluding hydrogens is 168 g/mol. The van der Waals surface area contributed by atoms with Crippen molar-refractivity contribution in [1.82, 2.24) is 0 Å². The molecule has 78 valence electrons. The molecule has 0 heteroatoms. The van der Waals surface area contributed by atoms with Gasteiger partial charge >= 0.3 is 0 Å². The topological polar surface area (TPSA) is 0 Å². The molecule has 0 bridgehead atoms.